The number of aromatic nitrogens is 1. The lowest BCUT2D eigenvalue weighted by Gasteiger charge is -2.16. The van der Waals surface area contributed by atoms with E-state index in [-0.39, 0.29) is 29.9 Å². The number of thioether (sulfide) groups is 1. The lowest BCUT2D eigenvalue weighted by Crippen LogP contribution is -2.35. The van der Waals surface area contributed by atoms with Gasteiger partial charge in [0.15, 0.2) is 5.76 Å². The molecule has 1 N–H and O–H groups in total. The van der Waals surface area contributed by atoms with Crippen molar-refractivity contribution in [1.82, 2.24) is 9.88 Å². The minimum absolute atomic E-state index is 0.0559. The largest absolute Gasteiger partial charge is 0.431 e. The maximum absolute atomic E-state index is 13.0. The fraction of sp³-hybridized carbons (Fsp3) is 0.190. The normalized spacial score (nSPS) is 10.6. The molecule has 6 nitrogen and oxygen atoms in total. The van der Waals surface area contributed by atoms with Gasteiger partial charge in [-0.2, -0.15) is 0 Å². The van der Waals surface area contributed by atoms with Crippen molar-refractivity contribution in [3.8, 4) is 11.3 Å². The zero-order chi connectivity index (χ0) is 20.8. The number of carbonyl (C=O) groups excluding carboxylic acids is 2. The molecule has 8 heteroatoms. The minimum atomic E-state index is -0.331. The minimum Gasteiger partial charge on any atom is -0.431 e. The second kappa shape index (κ2) is 9.38. The van der Waals surface area contributed by atoms with E-state index in [0.29, 0.717) is 22.2 Å². The van der Waals surface area contributed by atoms with Crippen molar-refractivity contribution in [1.29, 1.82) is 0 Å². The maximum Gasteiger partial charge on any atom is 0.256 e. The molecular formula is C21H20FN3O3S. The summed E-state index contributed by atoms with van der Waals surface area (Å²) in [5.74, 6) is -0.258. The van der Waals surface area contributed by atoms with E-state index in [9.17, 15) is 14.0 Å². The summed E-state index contributed by atoms with van der Waals surface area (Å²) >= 11 is 1.13. The van der Waals surface area contributed by atoms with Gasteiger partial charge in [0.25, 0.3) is 5.22 Å². The van der Waals surface area contributed by atoms with Gasteiger partial charge in [0.05, 0.1) is 18.5 Å². The molecular weight excluding hydrogens is 393 g/mol. The van der Waals surface area contributed by atoms with Crippen LogP contribution in [-0.2, 0) is 9.59 Å². The Bertz CT molecular complexity index is 987. The Morgan fingerprint density at radius 2 is 1.83 bits per heavy atom. The average Bonchev–Trinajstić information content (AvgIpc) is 3.17. The molecule has 1 aromatic heterocycles. The predicted octanol–water partition coefficient (Wildman–Crippen LogP) is 3.98. The number of aryl methyl sites for hydroxylation is 1. The zero-order valence-corrected chi connectivity index (χ0v) is 16.8. The Kier molecular flexibility index (Phi) is 6.66. The molecule has 2 aromatic carbocycles. The summed E-state index contributed by atoms with van der Waals surface area (Å²) < 4.78 is 18.6. The number of halogens is 1. The molecule has 0 bridgehead atoms. The topological polar surface area (TPSA) is 75.4 Å². The van der Waals surface area contributed by atoms with Gasteiger partial charge in [0.2, 0.25) is 11.8 Å². The van der Waals surface area contributed by atoms with Crippen LogP contribution in [0.15, 0.2) is 64.4 Å². The highest BCUT2D eigenvalue weighted by atomic mass is 32.2. The fourth-order valence-corrected chi connectivity index (χ4v) is 3.19. The van der Waals surface area contributed by atoms with Crippen LogP contribution in [0.4, 0.5) is 10.1 Å². The molecule has 0 saturated carbocycles. The number of carbonyl (C=O) groups is 2. The van der Waals surface area contributed by atoms with Crippen LogP contribution in [0, 0.1) is 12.7 Å². The third-order valence-corrected chi connectivity index (χ3v) is 4.90. The molecule has 0 aliphatic carbocycles. The highest BCUT2D eigenvalue weighted by Gasteiger charge is 2.15. The molecule has 3 aromatic rings. The zero-order valence-electron chi connectivity index (χ0n) is 16.0. The first-order valence-corrected chi connectivity index (χ1v) is 9.84. The number of benzene rings is 2. The fourth-order valence-electron chi connectivity index (χ4n) is 2.45. The lowest BCUT2D eigenvalue weighted by molar-refractivity contribution is -0.131. The Morgan fingerprint density at radius 1 is 1.14 bits per heavy atom. The first-order chi connectivity index (χ1) is 13.9. The molecule has 0 aliphatic rings. The second-order valence-electron chi connectivity index (χ2n) is 6.45. The number of likely N-dealkylation sites (N-methyl/N-ethyl adjacent to an activating group) is 1. The van der Waals surface area contributed by atoms with Crippen molar-refractivity contribution in [2.75, 3.05) is 24.7 Å². The van der Waals surface area contributed by atoms with Crippen LogP contribution in [-0.4, -0.2) is 41.0 Å². The van der Waals surface area contributed by atoms with Crippen molar-refractivity contribution in [3.05, 3.63) is 66.1 Å². The Morgan fingerprint density at radius 3 is 2.52 bits per heavy atom. The second-order valence-corrected chi connectivity index (χ2v) is 7.38. The molecule has 0 spiro atoms. The summed E-state index contributed by atoms with van der Waals surface area (Å²) in [6.45, 7) is 1.91. The molecule has 3 rings (SSSR count). The van der Waals surface area contributed by atoms with E-state index in [4.69, 9.17) is 4.42 Å². The highest BCUT2D eigenvalue weighted by molar-refractivity contribution is 7.99. The molecule has 150 valence electrons. The predicted molar refractivity (Wildman–Crippen MR) is 110 cm³/mol. The monoisotopic (exact) mass is 413 g/mol. The van der Waals surface area contributed by atoms with Gasteiger partial charge in [-0.1, -0.05) is 29.5 Å². The first kappa shape index (κ1) is 20.6. The number of amides is 2. The van der Waals surface area contributed by atoms with Crippen molar-refractivity contribution >= 4 is 29.3 Å². The molecule has 1 heterocycles. The molecule has 2 amide bonds. The highest BCUT2D eigenvalue weighted by Crippen LogP contribution is 2.25. The van der Waals surface area contributed by atoms with E-state index in [1.54, 1.807) is 19.2 Å². The first-order valence-electron chi connectivity index (χ1n) is 8.86. The summed E-state index contributed by atoms with van der Waals surface area (Å²) in [6.07, 6.45) is 1.53. The van der Waals surface area contributed by atoms with Gasteiger partial charge in [-0.25, -0.2) is 9.37 Å². The van der Waals surface area contributed by atoms with Crippen LogP contribution in [0.25, 0.3) is 11.3 Å². The number of nitrogens with zero attached hydrogens (tertiary/aromatic N) is 2. The molecule has 29 heavy (non-hydrogen) atoms. The number of nitrogens with one attached hydrogen (secondary N) is 1. The quantitative estimate of drug-likeness (QED) is 0.593. The van der Waals surface area contributed by atoms with Crippen LogP contribution < -0.4 is 5.32 Å². The summed E-state index contributed by atoms with van der Waals surface area (Å²) in [6, 6.07) is 13.3. The van der Waals surface area contributed by atoms with Gasteiger partial charge in [0.1, 0.15) is 5.82 Å². The van der Waals surface area contributed by atoms with Crippen molar-refractivity contribution in [3.63, 3.8) is 0 Å². The number of anilines is 1. The standard InChI is InChI=1S/C21H20FN3O3S/c1-14-3-9-17(10-4-14)24-19(26)12-25(2)20(27)13-29-21-23-11-18(28-21)15-5-7-16(22)8-6-15/h3-11H,12-13H2,1-2H3,(H,24,26). The summed E-state index contributed by atoms with van der Waals surface area (Å²) in [5, 5.41) is 3.09. The van der Waals surface area contributed by atoms with E-state index >= 15 is 0 Å². The van der Waals surface area contributed by atoms with Gasteiger partial charge >= 0.3 is 0 Å². The Balaban J connectivity index is 1.48. The molecule has 0 fully saturated rings. The number of oxazole rings is 1. The summed E-state index contributed by atoms with van der Waals surface area (Å²) in [5.41, 5.74) is 2.48. The smallest absolute Gasteiger partial charge is 0.256 e. The number of hydrogen-bond acceptors (Lipinski definition) is 5. The van der Waals surface area contributed by atoms with Gasteiger partial charge in [-0.3, -0.25) is 9.59 Å². The van der Waals surface area contributed by atoms with Gasteiger partial charge in [-0.15, -0.1) is 0 Å². The third-order valence-electron chi connectivity index (χ3n) is 4.07. The van der Waals surface area contributed by atoms with Gasteiger partial charge < -0.3 is 14.6 Å². The number of rotatable bonds is 7. The lowest BCUT2D eigenvalue weighted by atomic mass is 10.2. The van der Waals surface area contributed by atoms with Crippen LogP contribution >= 0.6 is 11.8 Å². The van der Waals surface area contributed by atoms with E-state index < -0.39 is 0 Å². The third kappa shape index (κ3) is 5.92. The van der Waals surface area contributed by atoms with Crippen LogP contribution in [0.2, 0.25) is 0 Å². The summed E-state index contributed by atoms with van der Waals surface area (Å²) in [4.78, 5) is 29.8. The Hall–Kier alpha value is -3.13. The molecule has 0 saturated heterocycles. The molecule has 0 radical (unpaired) electrons. The van der Waals surface area contributed by atoms with Crippen LogP contribution in [0.5, 0.6) is 0 Å². The molecule has 0 atom stereocenters. The van der Waals surface area contributed by atoms with Crippen molar-refractivity contribution in [2.45, 2.75) is 12.1 Å². The van der Waals surface area contributed by atoms with E-state index in [2.05, 4.69) is 10.3 Å². The van der Waals surface area contributed by atoms with E-state index in [0.717, 1.165) is 17.3 Å². The van der Waals surface area contributed by atoms with E-state index in [1.807, 2.05) is 31.2 Å². The van der Waals surface area contributed by atoms with Crippen molar-refractivity contribution < 1.29 is 18.4 Å². The van der Waals surface area contributed by atoms with Gasteiger partial charge in [0, 0.05) is 18.3 Å². The Labute approximate surface area is 172 Å². The van der Waals surface area contributed by atoms with Crippen LogP contribution in [0.1, 0.15) is 5.56 Å². The molecule has 0 aliphatic heterocycles. The van der Waals surface area contributed by atoms with Crippen molar-refractivity contribution in [2.24, 2.45) is 0 Å². The average molecular weight is 413 g/mol. The van der Waals surface area contributed by atoms with E-state index in [1.165, 1.54) is 23.2 Å². The molecule has 0 unspecified atom stereocenters. The van der Waals surface area contributed by atoms with Gasteiger partial charge in [-0.05, 0) is 43.3 Å². The number of hydrogen-bond donors (Lipinski definition) is 1. The maximum atomic E-state index is 13.0. The summed E-state index contributed by atoms with van der Waals surface area (Å²) in [7, 11) is 1.57. The SMILES string of the molecule is Cc1ccc(NC(=O)CN(C)C(=O)CSc2ncc(-c3ccc(F)cc3)o2)cc1. The van der Waals surface area contributed by atoms with Crippen LogP contribution in [0.3, 0.4) is 0 Å².